The third-order valence-electron chi connectivity index (χ3n) is 6.87. The van der Waals surface area contributed by atoms with Crippen LogP contribution in [0.2, 0.25) is 0 Å². The second-order valence-corrected chi connectivity index (χ2v) is 8.80. The zero-order valence-corrected chi connectivity index (χ0v) is 16.6. The Kier molecular flexibility index (Phi) is 4.67. The maximum atomic E-state index is 12.9. The molecule has 1 N–H and O–H groups in total. The highest BCUT2D eigenvalue weighted by atomic mass is 16.2. The van der Waals surface area contributed by atoms with Crippen LogP contribution in [-0.2, 0) is 17.8 Å². The fraction of sp³-hybridized carbons (Fsp3) is 0.591. The molecule has 0 spiro atoms. The second kappa shape index (κ2) is 7.32. The number of aromatic amines is 1. The topological polar surface area (TPSA) is 65.1 Å². The minimum absolute atomic E-state index is 0.313. The van der Waals surface area contributed by atoms with Gasteiger partial charge in [0.15, 0.2) is 5.82 Å². The Hall–Kier alpha value is -2.21. The van der Waals surface area contributed by atoms with Crippen molar-refractivity contribution in [3.05, 3.63) is 47.5 Å². The molecule has 1 aromatic carbocycles. The number of carbonyl (C=O) groups is 1. The monoisotopic (exact) mass is 379 g/mol. The van der Waals surface area contributed by atoms with Gasteiger partial charge in [0.2, 0.25) is 5.91 Å². The van der Waals surface area contributed by atoms with Gasteiger partial charge in [-0.1, -0.05) is 30.3 Å². The number of H-pyrrole nitrogens is 1. The van der Waals surface area contributed by atoms with Crippen molar-refractivity contribution in [3.63, 3.8) is 0 Å². The van der Waals surface area contributed by atoms with Crippen LogP contribution in [0, 0.1) is 18.8 Å². The molecule has 5 rings (SSSR count). The van der Waals surface area contributed by atoms with E-state index >= 15 is 0 Å². The summed E-state index contributed by atoms with van der Waals surface area (Å²) in [7, 11) is 0. The van der Waals surface area contributed by atoms with Crippen molar-refractivity contribution in [2.24, 2.45) is 11.8 Å². The number of hydrogen-bond acceptors (Lipinski definition) is 4. The molecule has 0 saturated carbocycles. The molecule has 3 saturated heterocycles. The first kappa shape index (κ1) is 17.9. The van der Waals surface area contributed by atoms with E-state index < -0.39 is 0 Å². The average molecular weight is 380 g/mol. The average Bonchev–Trinajstić information content (AvgIpc) is 3.11. The zero-order valence-electron chi connectivity index (χ0n) is 16.6. The number of likely N-dealkylation sites (tertiary alicyclic amines) is 1. The minimum Gasteiger partial charge on any atom is -0.336 e. The van der Waals surface area contributed by atoms with Crippen molar-refractivity contribution in [2.45, 2.75) is 57.7 Å². The molecular formula is C22H29N5O. The van der Waals surface area contributed by atoms with Crippen molar-refractivity contribution in [1.29, 1.82) is 0 Å². The van der Waals surface area contributed by atoms with E-state index in [1.165, 1.54) is 12.0 Å². The van der Waals surface area contributed by atoms with E-state index in [0.29, 0.717) is 29.8 Å². The Morgan fingerprint density at radius 1 is 1.18 bits per heavy atom. The SMILES string of the molecule is Cc1nc(CN2C[C@H]3C[C@@H](C2)[C@H](Cc2ccccc2)N2C(=O)CCC[C@@H]32)n[nH]1. The van der Waals surface area contributed by atoms with E-state index in [1.54, 1.807) is 0 Å². The van der Waals surface area contributed by atoms with E-state index in [2.05, 4.69) is 55.3 Å². The lowest BCUT2D eigenvalue weighted by atomic mass is 9.71. The van der Waals surface area contributed by atoms with Crippen LogP contribution in [0.4, 0.5) is 0 Å². The van der Waals surface area contributed by atoms with Gasteiger partial charge in [-0.25, -0.2) is 4.98 Å². The number of amides is 1. The van der Waals surface area contributed by atoms with Crippen LogP contribution in [0.15, 0.2) is 30.3 Å². The van der Waals surface area contributed by atoms with Gasteiger partial charge in [0, 0.05) is 31.6 Å². The zero-order chi connectivity index (χ0) is 19.1. The van der Waals surface area contributed by atoms with Crippen LogP contribution in [0.3, 0.4) is 0 Å². The smallest absolute Gasteiger partial charge is 0.223 e. The molecule has 1 amide bonds. The van der Waals surface area contributed by atoms with E-state index in [0.717, 1.165) is 57.0 Å². The molecule has 3 aliphatic rings. The van der Waals surface area contributed by atoms with Crippen LogP contribution in [-0.4, -0.2) is 56.1 Å². The molecule has 6 nitrogen and oxygen atoms in total. The van der Waals surface area contributed by atoms with Gasteiger partial charge in [-0.2, -0.15) is 5.10 Å². The van der Waals surface area contributed by atoms with Gasteiger partial charge in [0.25, 0.3) is 0 Å². The molecule has 2 bridgehead atoms. The third kappa shape index (κ3) is 3.34. The van der Waals surface area contributed by atoms with E-state index in [1.807, 2.05) is 6.92 Å². The van der Waals surface area contributed by atoms with Crippen LogP contribution < -0.4 is 0 Å². The predicted octanol–water partition coefficient (Wildman–Crippen LogP) is 2.56. The fourth-order valence-corrected chi connectivity index (χ4v) is 5.78. The number of piperidine rings is 3. The maximum Gasteiger partial charge on any atom is 0.223 e. The van der Waals surface area contributed by atoms with Crippen molar-refractivity contribution in [3.8, 4) is 0 Å². The number of benzene rings is 1. The summed E-state index contributed by atoms with van der Waals surface area (Å²) in [5.41, 5.74) is 1.34. The van der Waals surface area contributed by atoms with E-state index in [4.69, 9.17) is 0 Å². The number of aryl methyl sites for hydroxylation is 1. The molecule has 28 heavy (non-hydrogen) atoms. The molecule has 4 heterocycles. The first-order chi connectivity index (χ1) is 13.7. The van der Waals surface area contributed by atoms with Gasteiger partial charge in [-0.05, 0) is 50.0 Å². The molecular weight excluding hydrogens is 350 g/mol. The van der Waals surface area contributed by atoms with Gasteiger partial charge in [-0.15, -0.1) is 0 Å². The Bertz CT molecular complexity index is 834. The van der Waals surface area contributed by atoms with Crippen molar-refractivity contribution in [1.82, 2.24) is 25.0 Å². The van der Waals surface area contributed by atoms with Gasteiger partial charge in [-0.3, -0.25) is 14.8 Å². The van der Waals surface area contributed by atoms with Crippen molar-refractivity contribution < 1.29 is 4.79 Å². The van der Waals surface area contributed by atoms with E-state index in [-0.39, 0.29) is 0 Å². The predicted molar refractivity (Wildman–Crippen MR) is 106 cm³/mol. The first-order valence-corrected chi connectivity index (χ1v) is 10.6. The van der Waals surface area contributed by atoms with Crippen LogP contribution in [0.5, 0.6) is 0 Å². The standard InChI is InChI=1S/C22H29N5O/c1-15-23-21(25-24-15)14-26-12-17-11-18(13-26)20(10-16-6-3-2-4-7-16)27-19(17)8-5-9-22(27)28/h2-4,6-7,17-20H,5,8-14H2,1H3,(H,23,24,25)/t17-,18+,19+,20+/m1/s1. The normalized spacial score (nSPS) is 30.3. The Morgan fingerprint density at radius 3 is 2.79 bits per heavy atom. The molecule has 148 valence electrons. The molecule has 0 radical (unpaired) electrons. The summed E-state index contributed by atoms with van der Waals surface area (Å²) in [5, 5.41) is 7.30. The summed E-state index contributed by atoms with van der Waals surface area (Å²) in [5.74, 6) is 3.24. The Balaban J connectivity index is 1.40. The highest BCUT2D eigenvalue weighted by Crippen LogP contribution is 2.42. The number of fused-ring (bicyclic) bond motifs is 4. The van der Waals surface area contributed by atoms with Gasteiger partial charge >= 0.3 is 0 Å². The fourth-order valence-electron chi connectivity index (χ4n) is 5.78. The highest BCUT2D eigenvalue weighted by Gasteiger charge is 2.49. The molecule has 2 aromatic rings. The van der Waals surface area contributed by atoms with Crippen LogP contribution >= 0.6 is 0 Å². The summed E-state index contributed by atoms with van der Waals surface area (Å²) in [6.45, 7) is 4.83. The third-order valence-corrected chi connectivity index (χ3v) is 6.87. The molecule has 3 aliphatic heterocycles. The van der Waals surface area contributed by atoms with Crippen molar-refractivity contribution >= 4 is 5.91 Å². The number of rotatable bonds is 4. The van der Waals surface area contributed by atoms with Gasteiger partial charge in [0.1, 0.15) is 5.82 Å². The lowest BCUT2D eigenvalue weighted by Crippen LogP contribution is -2.65. The number of aromatic nitrogens is 3. The quantitative estimate of drug-likeness (QED) is 0.887. The number of hydrogen-bond donors (Lipinski definition) is 1. The summed E-state index contributed by atoms with van der Waals surface area (Å²) in [6.07, 6.45) is 5.13. The molecule has 3 fully saturated rings. The summed E-state index contributed by atoms with van der Waals surface area (Å²) < 4.78 is 0. The van der Waals surface area contributed by atoms with E-state index in [9.17, 15) is 4.79 Å². The lowest BCUT2D eigenvalue weighted by Gasteiger charge is -2.56. The minimum atomic E-state index is 0.313. The summed E-state index contributed by atoms with van der Waals surface area (Å²) >= 11 is 0. The highest BCUT2D eigenvalue weighted by molar-refractivity contribution is 5.78. The number of nitrogens with one attached hydrogen (secondary N) is 1. The van der Waals surface area contributed by atoms with Crippen molar-refractivity contribution in [2.75, 3.05) is 13.1 Å². The van der Waals surface area contributed by atoms with Crippen LogP contribution in [0.25, 0.3) is 0 Å². The lowest BCUT2D eigenvalue weighted by molar-refractivity contribution is -0.152. The van der Waals surface area contributed by atoms with Gasteiger partial charge in [0.05, 0.1) is 6.54 Å². The molecule has 0 unspecified atom stereocenters. The number of nitrogens with zero attached hydrogens (tertiary/aromatic N) is 4. The first-order valence-electron chi connectivity index (χ1n) is 10.6. The second-order valence-electron chi connectivity index (χ2n) is 8.80. The molecule has 1 aromatic heterocycles. The number of carbonyl (C=O) groups excluding carboxylic acids is 1. The Labute approximate surface area is 166 Å². The summed E-state index contributed by atoms with van der Waals surface area (Å²) in [6, 6.07) is 11.4. The van der Waals surface area contributed by atoms with Gasteiger partial charge < -0.3 is 4.90 Å². The maximum absolute atomic E-state index is 12.9. The molecule has 6 heteroatoms. The molecule has 4 atom stereocenters. The summed E-state index contributed by atoms with van der Waals surface area (Å²) in [4.78, 5) is 22.3. The Morgan fingerprint density at radius 2 is 2.00 bits per heavy atom. The van der Waals surface area contributed by atoms with Crippen LogP contribution in [0.1, 0.15) is 42.9 Å². The largest absolute Gasteiger partial charge is 0.336 e. The molecule has 0 aliphatic carbocycles.